The van der Waals surface area contributed by atoms with E-state index in [1.807, 2.05) is 30.5 Å². The van der Waals surface area contributed by atoms with Gasteiger partial charge in [-0.25, -0.2) is 4.79 Å². The van der Waals surface area contributed by atoms with Gasteiger partial charge in [0.05, 0.1) is 11.3 Å². The van der Waals surface area contributed by atoms with E-state index < -0.39 is 5.97 Å². The number of hydrogen-bond donors (Lipinski definition) is 1. The lowest BCUT2D eigenvalue weighted by atomic mass is 10.1. The molecule has 0 unspecified atom stereocenters. The maximum atomic E-state index is 11.1. The molecule has 126 valence electrons. The first-order chi connectivity index (χ1) is 11.7. The number of aromatic carboxylic acids is 1. The number of benzene rings is 1. The Morgan fingerprint density at radius 2 is 1.79 bits per heavy atom. The summed E-state index contributed by atoms with van der Waals surface area (Å²) in [5, 5.41) is 9.11. The van der Waals surface area contributed by atoms with Crippen molar-refractivity contribution in [3.8, 4) is 0 Å². The fraction of sp³-hybridized carbons (Fsp3) is 0.368. The van der Waals surface area contributed by atoms with Crippen LogP contribution in [0.15, 0.2) is 48.7 Å². The molecule has 1 fully saturated rings. The van der Waals surface area contributed by atoms with Crippen molar-refractivity contribution in [3.05, 3.63) is 65.5 Å². The van der Waals surface area contributed by atoms with Crippen molar-refractivity contribution in [2.24, 2.45) is 0 Å². The van der Waals surface area contributed by atoms with Gasteiger partial charge in [-0.1, -0.05) is 18.2 Å². The zero-order valence-electron chi connectivity index (χ0n) is 13.8. The highest BCUT2D eigenvalue weighted by Gasteiger charge is 2.16. The molecule has 2 aromatic rings. The van der Waals surface area contributed by atoms with E-state index in [0.717, 1.165) is 56.9 Å². The Kier molecular flexibility index (Phi) is 5.56. The van der Waals surface area contributed by atoms with E-state index >= 15 is 0 Å². The topological polar surface area (TPSA) is 56.7 Å². The smallest absolute Gasteiger partial charge is 0.335 e. The Bertz CT molecular complexity index is 675. The minimum absolute atomic E-state index is 0.360. The second-order valence-corrected chi connectivity index (χ2v) is 6.23. The van der Waals surface area contributed by atoms with Crippen LogP contribution in [0, 0.1) is 0 Å². The average Bonchev–Trinajstić information content (AvgIpc) is 2.81. The molecule has 0 spiro atoms. The third kappa shape index (κ3) is 4.63. The van der Waals surface area contributed by atoms with Crippen LogP contribution < -0.4 is 0 Å². The quantitative estimate of drug-likeness (QED) is 0.915. The van der Waals surface area contributed by atoms with Crippen LogP contribution >= 0.6 is 0 Å². The first-order valence-electron chi connectivity index (χ1n) is 8.37. The number of hydrogen-bond acceptors (Lipinski definition) is 4. The fourth-order valence-electron chi connectivity index (χ4n) is 3.12. The van der Waals surface area contributed by atoms with Crippen LogP contribution in [0.4, 0.5) is 0 Å². The number of aromatic nitrogens is 1. The minimum Gasteiger partial charge on any atom is -0.478 e. The van der Waals surface area contributed by atoms with Crippen molar-refractivity contribution in [2.45, 2.75) is 19.5 Å². The molecule has 1 aliphatic rings. The number of carboxylic acid groups (broad SMARTS) is 1. The predicted octanol–water partition coefficient (Wildman–Crippen LogP) is 2.49. The van der Waals surface area contributed by atoms with Gasteiger partial charge in [0.25, 0.3) is 0 Å². The van der Waals surface area contributed by atoms with Crippen LogP contribution in [-0.4, -0.2) is 52.0 Å². The molecule has 1 saturated heterocycles. The number of nitrogens with zero attached hydrogens (tertiary/aromatic N) is 3. The third-order valence-electron chi connectivity index (χ3n) is 4.37. The second kappa shape index (κ2) is 8.04. The number of carboxylic acids is 1. The Morgan fingerprint density at radius 1 is 1.00 bits per heavy atom. The Balaban J connectivity index is 1.55. The van der Waals surface area contributed by atoms with Gasteiger partial charge >= 0.3 is 5.97 Å². The molecular formula is C19H23N3O2. The molecule has 1 aromatic carbocycles. The van der Waals surface area contributed by atoms with Gasteiger partial charge in [0.15, 0.2) is 0 Å². The van der Waals surface area contributed by atoms with Gasteiger partial charge in [-0.2, -0.15) is 0 Å². The Labute approximate surface area is 142 Å². The first kappa shape index (κ1) is 16.6. The molecule has 1 aliphatic heterocycles. The van der Waals surface area contributed by atoms with Crippen molar-refractivity contribution in [3.63, 3.8) is 0 Å². The normalized spacial score (nSPS) is 16.7. The largest absolute Gasteiger partial charge is 0.478 e. The van der Waals surface area contributed by atoms with Crippen LogP contribution in [0.1, 0.15) is 28.0 Å². The maximum Gasteiger partial charge on any atom is 0.335 e. The van der Waals surface area contributed by atoms with E-state index in [0.29, 0.717) is 5.56 Å². The standard InChI is InChI=1S/C19H23N3O2/c23-19(24)17-6-3-5-16(13-17)14-21-9-4-10-22(12-11-21)15-18-7-1-2-8-20-18/h1-3,5-8,13H,4,9-12,14-15H2,(H,23,24). The van der Waals surface area contributed by atoms with E-state index in [-0.39, 0.29) is 0 Å². The SMILES string of the molecule is O=C(O)c1cccc(CN2CCCN(Cc3ccccn3)CC2)c1. The Morgan fingerprint density at radius 3 is 2.50 bits per heavy atom. The molecule has 5 nitrogen and oxygen atoms in total. The van der Waals surface area contributed by atoms with Crippen molar-refractivity contribution in [1.29, 1.82) is 0 Å². The zero-order valence-corrected chi connectivity index (χ0v) is 13.8. The summed E-state index contributed by atoms with van der Waals surface area (Å²) in [6, 6.07) is 13.3. The van der Waals surface area contributed by atoms with E-state index in [4.69, 9.17) is 5.11 Å². The van der Waals surface area contributed by atoms with Crippen molar-refractivity contribution in [2.75, 3.05) is 26.2 Å². The number of rotatable bonds is 5. The highest BCUT2D eigenvalue weighted by atomic mass is 16.4. The van der Waals surface area contributed by atoms with Gasteiger partial charge in [0.2, 0.25) is 0 Å². The lowest BCUT2D eigenvalue weighted by Gasteiger charge is -2.21. The summed E-state index contributed by atoms with van der Waals surface area (Å²) in [5.74, 6) is -0.866. The third-order valence-corrected chi connectivity index (χ3v) is 4.37. The van der Waals surface area contributed by atoms with Crippen LogP contribution in [0.3, 0.4) is 0 Å². The first-order valence-corrected chi connectivity index (χ1v) is 8.37. The summed E-state index contributed by atoms with van der Waals surface area (Å²) in [5.41, 5.74) is 2.53. The lowest BCUT2D eigenvalue weighted by Crippen LogP contribution is -2.30. The number of pyridine rings is 1. The molecule has 0 radical (unpaired) electrons. The van der Waals surface area contributed by atoms with Crippen molar-refractivity contribution < 1.29 is 9.90 Å². The minimum atomic E-state index is -0.866. The van der Waals surface area contributed by atoms with Crippen LogP contribution in [0.5, 0.6) is 0 Å². The summed E-state index contributed by atoms with van der Waals surface area (Å²) in [4.78, 5) is 20.3. The molecule has 1 aromatic heterocycles. The molecule has 0 bridgehead atoms. The van der Waals surface area contributed by atoms with Gasteiger partial charge in [0, 0.05) is 32.4 Å². The molecule has 1 N–H and O–H groups in total. The summed E-state index contributed by atoms with van der Waals surface area (Å²) >= 11 is 0. The zero-order chi connectivity index (χ0) is 16.8. The van der Waals surface area contributed by atoms with Gasteiger partial charge in [-0.3, -0.25) is 14.8 Å². The monoisotopic (exact) mass is 325 g/mol. The van der Waals surface area contributed by atoms with Crippen molar-refractivity contribution >= 4 is 5.97 Å². The second-order valence-electron chi connectivity index (χ2n) is 6.23. The molecule has 5 heteroatoms. The van der Waals surface area contributed by atoms with Gasteiger partial charge in [0.1, 0.15) is 0 Å². The molecule has 0 saturated carbocycles. The molecular weight excluding hydrogens is 302 g/mol. The highest BCUT2D eigenvalue weighted by Crippen LogP contribution is 2.12. The average molecular weight is 325 g/mol. The fourth-order valence-corrected chi connectivity index (χ4v) is 3.12. The van der Waals surface area contributed by atoms with Gasteiger partial charge in [-0.05, 0) is 49.3 Å². The summed E-state index contributed by atoms with van der Waals surface area (Å²) < 4.78 is 0. The summed E-state index contributed by atoms with van der Waals surface area (Å²) in [6.07, 6.45) is 2.96. The summed E-state index contributed by atoms with van der Waals surface area (Å²) in [7, 11) is 0. The van der Waals surface area contributed by atoms with Gasteiger partial charge in [-0.15, -0.1) is 0 Å². The maximum absolute atomic E-state index is 11.1. The highest BCUT2D eigenvalue weighted by molar-refractivity contribution is 5.87. The van der Waals surface area contributed by atoms with Crippen LogP contribution in [0.2, 0.25) is 0 Å². The van der Waals surface area contributed by atoms with Crippen molar-refractivity contribution in [1.82, 2.24) is 14.8 Å². The van der Waals surface area contributed by atoms with Gasteiger partial charge < -0.3 is 5.11 Å². The predicted molar refractivity (Wildman–Crippen MR) is 92.8 cm³/mol. The molecule has 0 atom stereocenters. The molecule has 24 heavy (non-hydrogen) atoms. The molecule has 2 heterocycles. The molecule has 0 amide bonds. The van der Waals surface area contributed by atoms with Crippen LogP contribution in [-0.2, 0) is 13.1 Å². The van der Waals surface area contributed by atoms with Crippen LogP contribution in [0.25, 0.3) is 0 Å². The molecule has 0 aliphatic carbocycles. The molecule has 3 rings (SSSR count). The van der Waals surface area contributed by atoms with E-state index in [1.54, 1.807) is 12.1 Å². The summed E-state index contributed by atoms with van der Waals surface area (Å²) in [6.45, 7) is 5.80. The van der Waals surface area contributed by atoms with E-state index in [2.05, 4.69) is 20.9 Å². The number of carbonyl (C=O) groups is 1. The Hall–Kier alpha value is -2.24. The lowest BCUT2D eigenvalue weighted by molar-refractivity contribution is 0.0696. The van der Waals surface area contributed by atoms with E-state index in [1.165, 1.54) is 0 Å². The van der Waals surface area contributed by atoms with E-state index in [9.17, 15) is 4.79 Å².